The minimum absolute atomic E-state index is 0.124. The van der Waals surface area contributed by atoms with Gasteiger partial charge in [-0.15, -0.1) is 5.10 Å². The Morgan fingerprint density at radius 1 is 1.03 bits per heavy atom. The summed E-state index contributed by atoms with van der Waals surface area (Å²) in [6.07, 6.45) is 0. The van der Waals surface area contributed by atoms with Crippen molar-refractivity contribution in [3.8, 4) is 11.4 Å². The van der Waals surface area contributed by atoms with Gasteiger partial charge >= 0.3 is 5.69 Å². The van der Waals surface area contributed by atoms with Crippen LogP contribution in [0.3, 0.4) is 0 Å². The van der Waals surface area contributed by atoms with Crippen LogP contribution in [-0.4, -0.2) is 37.1 Å². The third-order valence-electron chi connectivity index (χ3n) is 4.90. The molecule has 0 aliphatic rings. The second-order valence-electron chi connectivity index (χ2n) is 6.69. The molecular weight excluding hydrogens is 372 g/mol. The molecule has 148 valence electrons. The first kappa shape index (κ1) is 18.5. The van der Waals surface area contributed by atoms with Gasteiger partial charge in [-0.05, 0) is 49.4 Å². The second kappa shape index (κ2) is 6.93. The van der Waals surface area contributed by atoms with Crippen LogP contribution in [0.25, 0.3) is 16.7 Å². The maximum Gasteiger partial charge on any atom is 0.328 e. The monoisotopic (exact) mass is 392 g/mol. The molecule has 9 heteroatoms. The first-order chi connectivity index (χ1) is 13.9. The highest BCUT2D eigenvalue weighted by Crippen LogP contribution is 2.21. The van der Waals surface area contributed by atoms with Crippen molar-refractivity contribution in [2.24, 2.45) is 14.1 Å². The van der Waals surface area contributed by atoms with Crippen molar-refractivity contribution in [1.29, 1.82) is 0 Å². The van der Waals surface area contributed by atoms with Gasteiger partial charge in [0.1, 0.15) is 5.75 Å². The number of aryl methyl sites for hydroxylation is 3. The van der Waals surface area contributed by atoms with Gasteiger partial charge in [-0.2, -0.15) is 0 Å². The number of fused-ring (bicyclic) bond motifs is 1. The van der Waals surface area contributed by atoms with Crippen LogP contribution in [0.5, 0.6) is 5.75 Å². The molecule has 29 heavy (non-hydrogen) atoms. The fourth-order valence-corrected chi connectivity index (χ4v) is 3.30. The van der Waals surface area contributed by atoms with Gasteiger partial charge in [-0.1, -0.05) is 5.21 Å². The standard InChI is InChI=1S/C20H20N6O3/c1-12-18(26(23-22-12)14-6-8-15(29-4)9-7-14)19(27)21-13-5-10-16-17(11-13)25(3)20(28)24(16)2/h5-11H,1-4H3,(H,21,27). The van der Waals surface area contributed by atoms with E-state index in [-0.39, 0.29) is 11.6 Å². The molecule has 0 fully saturated rings. The van der Waals surface area contributed by atoms with Crippen molar-refractivity contribution < 1.29 is 9.53 Å². The number of ether oxygens (including phenoxy) is 1. The number of hydrogen-bond donors (Lipinski definition) is 1. The van der Waals surface area contributed by atoms with E-state index in [1.54, 1.807) is 79.7 Å². The van der Waals surface area contributed by atoms with Gasteiger partial charge in [0.05, 0.1) is 29.5 Å². The molecule has 2 aromatic heterocycles. The molecule has 0 saturated carbocycles. The Bertz CT molecular complexity index is 1280. The van der Waals surface area contributed by atoms with Crippen molar-refractivity contribution in [2.45, 2.75) is 6.92 Å². The molecule has 1 amide bonds. The van der Waals surface area contributed by atoms with Crippen LogP contribution in [0.2, 0.25) is 0 Å². The van der Waals surface area contributed by atoms with Crippen LogP contribution >= 0.6 is 0 Å². The summed E-state index contributed by atoms with van der Waals surface area (Å²) in [6, 6.07) is 12.5. The predicted octanol–water partition coefficient (Wildman–Crippen LogP) is 2.03. The summed E-state index contributed by atoms with van der Waals surface area (Å²) in [5, 5.41) is 11.0. The van der Waals surface area contributed by atoms with E-state index in [1.807, 2.05) is 0 Å². The van der Waals surface area contributed by atoms with Gasteiger partial charge in [0.25, 0.3) is 5.91 Å². The van der Waals surface area contributed by atoms with E-state index in [0.717, 1.165) is 11.0 Å². The third kappa shape index (κ3) is 3.06. The lowest BCUT2D eigenvalue weighted by molar-refractivity contribution is 0.101. The van der Waals surface area contributed by atoms with Crippen molar-refractivity contribution in [1.82, 2.24) is 24.1 Å². The highest BCUT2D eigenvalue weighted by Gasteiger charge is 2.20. The van der Waals surface area contributed by atoms with Crippen LogP contribution < -0.4 is 15.7 Å². The van der Waals surface area contributed by atoms with Crippen LogP contribution in [0.1, 0.15) is 16.2 Å². The molecule has 9 nitrogen and oxygen atoms in total. The third-order valence-corrected chi connectivity index (χ3v) is 4.90. The first-order valence-electron chi connectivity index (χ1n) is 8.94. The number of amides is 1. The van der Waals surface area contributed by atoms with Gasteiger partial charge in [-0.25, -0.2) is 9.48 Å². The van der Waals surface area contributed by atoms with E-state index < -0.39 is 0 Å². The van der Waals surface area contributed by atoms with Gasteiger partial charge < -0.3 is 10.1 Å². The lowest BCUT2D eigenvalue weighted by Gasteiger charge is -2.09. The minimum atomic E-state index is -0.344. The summed E-state index contributed by atoms with van der Waals surface area (Å²) < 4.78 is 9.76. The van der Waals surface area contributed by atoms with Crippen LogP contribution in [-0.2, 0) is 14.1 Å². The lowest BCUT2D eigenvalue weighted by atomic mass is 10.2. The number of carbonyl (C=O) groups excluding carboxylic acids is 1. The summed E-state index contributed by atoms with van der Waals surface area (Å²) in [7, 11) is 5.00. The Kier molecular flexibility index (Phi) is 4.42. The number of hydrogen-bond acceptors (Lipinski definition) is 5. The summed E-state index contributed by atoms with van der Waals surface area (Å²) in [5.41, 5.74) is 3.50. The highest BCUT2D eigenvalue weighted by molar-refractivity contribution is 6.04. The van der Waals surface area contributed by atoms with Gasteiger partial charge in [0, 0.05) is 19.8 Å². The van der Waals surface area contributed by atoms with Crippen molar-refractivity contribution in [2.75, 3.05) is 12.4 Å². The summed E-state index contributed by atoms with van der Waals surface area (Å²) in [5.74, 6) is 0.363. The molecule has 0 unspecified atom stereocenters. The average Bonchev–Trinajstić information content (AvgIpc) is 3.22. The molecule has 2 aromatic carbocycles. The minimum Gasteiger partial charge on any atom is -0.497 e. The number of carbonyl (C=O) groups is 1. The molecule has 0 atom stereocenters. The SMILES string of the molecule is COc1ccc(-n2nnc(C)c2C(=O)Nc2ccc3c(c2)n(C)c(=O)n3C)cc1. The molecule has 0 spiro atoms. The maximum absolute atomic E-state index is 13.0. The van der Waals surface area contributed by atoms with Crippen molar-refractivity contribution in [3.63, 3.8) is 0 Å². The molecule has 4 rings (SSSR count). The van der Waals surface area contributed by atoms with Crippen LogP contribution in [0.4, 0.5) is 5.69 Å². The van der Waals surface area contributed by atoms with Crippen LogP contribution in [0.15, 0.2) is 47.3 Å². The molecule has 0 aliphatic heterocycles. The molecular formula is C20H20N6O3. The summed E-state index contributed by atoms with van der Waals surface area (Å²) in [4.78, 5) is 25.1. The molecule has 2 heterocycles. The van der Waals surface area contributed by atoms with E-state index in [1.165, 1.54) is 4.68 Å². The molecule has 0 radical (unpaired) electrons. The predicted molar refractivity (Wildman–Crippen MR) is 109 cm³/mol. The van der Waals surface area contributed by atoms with E-state index >= 15 is 0 Å². The fourth-order valence-electron chi connectivity index (χ4n) is 3.30. The quantitative estimate of drug-likeness (QED) is 0.573. The number of nitrogens with zero attached hydrogens (tertiary/aromatic N) is 5. The van der Waals surface area contributed by atoms with Crippen molar-refractivity contribution >= 4 is 22.6 Å². The Balaban J connectivity index is 1.69. The fraction of sp³-hybridized carbons (Fsp3) is 0.200. The number of benzene rings is 2. The number of rotatable bonds is 4. The Morgan fingerprint density at radius 3 is 2.41 bits per heavy atom. The number of methoxy groups -OCH3 is 1. The molecule has 0 saturated heterocycles. The Hall–Kier alpha value is -3.88. The first-order valence-corrected chi connectivity index (χ1v) is 8.94. The number of imidazole rings is 1. The zero-order chi connectivity index (χ0) is 20.7. The molecule has 4 aromatic rings. The molecule has 0 aliphatic carbocycles. The average molecular weight is 392 g/mol. The largest absolute Gasteiger partial charge is 0.497 e. The van der Waals surface area contributed by atoms with Gasteiger partial charge in [-0.3, -0.25) is 13.9 Å². The molecule has 1 N–H and O–H groups in total. The van der Waals surface area contributed by atoms with E-state index in [9.17, 15) is 9.59 Å². The van der Waals surface area contributed by atoms with Gasteiger partial charge in [0.2, 0.25) is 0 Å². The highest BCUT2D eigenvalue weighted by atomic mass is 16.5. The zero-order valence-corrected chi connectivity index (χ0v) is 16.5. The number of anilines is 1. The van der Waals surface area contributed by atoms with Gasteiger partial charge in [0.15, 0.2) is 5.69 Å². The number of nitrogens with one attached hydrogen (secondary N) is 1. The Labute approximate surface area is 166 Å². The summed E-state index contributed by atoms with van der Waals surface area (Å²) >= 11 is 0. The van der Waals surface area contributed by atoms with Crippen molar-refractivity contribution in [3.05, 3.63) is 64.3 Å². The second-order valence-corrected chi connectivity index (χ2v) is 6.69. The Morgan fingerprint density at radius 2 is 1.72 bits per heavy atom. The van der Waals surface area contributed by atoms with E-state index in [0.29, 0.717) is 28.5 Å². The number of aromatic nitrogens is 5. The molecule has 0 bridgehead atoms. The maximum atomic E-state index is 13.0. The summed E-state index contributed by atoms with van der Waals surface area (Å²) in [6.45, 7) is 1.73. The smallest absolute Gasteiger partial charge is 0.328 e. The normalized spacial score (nSPS) is 11.0. The van der Waals surface area contributed by atoms with E-state index in [2.05, 4.69) is 15.6 Å². The van der Waals surface area contributed by atoms with Crippen LogP contribution in [0, 0.1) is 6.92 Å². The zero-order valence-electron chi connectivity index (χ0n) is 16.5. The topological polar surface area (TPSA) is 96.0 Å². The van der Waals surface area contributed by atoms with E-state index in [4.69, 9.17) is 4.74 Å². The lowest BCUT2D eigenvalue weighted by Crippen LogP contribution is -2.19.